The largest absolute Gasteiger partial charge is 0.365 e. The lowest BCUT2D eigenvalue weighted by Crippen LogP contribution is -2.57. The highest BCUT2D eigenvalue weighted by molar-refractivity contribution is 5.82. The molecule has 3 rings (SSSR count). The lowest BCUT2D eigenvalue weighted by atomic mass is 9.93. The Balaban J connectivity index is 1.79. The summed E-state index contributed by atoms with van der Waals surface area (Å²) in [6, 6.07) is 7.66. The number of hydrogen-bond acceptors (Lipinski definition) is 3. The maximum absolute atomic E-state index is 13.1. The third-order valence-electron chi connectivity index (χ3n) is 4.46. The minimum atomic E-state index is -0.712. The lowest BCUT2D eigenvalue weighted by molar-refractivity contribution is -0.151. The van der Waals surface area contributed by atoms with Crippen LogP contribution in [0.4, 0.5) is 4.39 Å². The Morgan fingerprint density at radius 2 is 2.29 bits per heavy atom. The summed E-state index contributed by atoms with van der Waals surface area (Å²) in [5.41, 5.74) is 2.47. The monoisotopic (exact) mass is 292 g/mol. The minimum absolute atomic E-state index is 0.00763. The van der Waals surface area contributed by atoms with Crippen LogP contribution in [0.25, 0.3) is 0 Å². The number of carbonyl (C=O) groups excluding carboxylic acids is 1. The number of fused-ring (bicyclic) bond motifs is 1. The SMILES string of the molecule is C[C@H]1c2ccccc2CCN1C(=O)[C@@H]1OCCN[C@H]1CF. The van der Waals surface area contributed by atoms with Crippen LogP contribution in [0.15, 0.2) is 24.3 Å². The van der Waals surface area contributed by atoms with E-state index in [9.17, 15) is 9.18 Å². The minimum Gasteiger partial charge on any atom is -0.365 e. The Morgan fingerprint density at radius 1 is 1.48 bits per heavy atom. The van der Waals surface area contributed by atoms with Gasteiger partial charge in [0.25, 0.3) is 5.91 Å². The fraction of sp³-hybridized carbons (Fsp3) is 0.562. The van der Waals surface area contributed by atoms with Crippen LogP contribution in [0.5, 0.6) is 0 Å². The van der Waals surface area contributed by atoms with Crippen LogP contribution in [0.1, 0.15) is 24.1 Å². The first-order valence-corrected chi connectivity index (χ1v) is 7.51. The van der Waals surface area contributed by atoms with Gasteiger partial charge in [0.2, 0.25) is 0 Å². The molecule has 1 aromatic carbocycles. The molecule has 0 unspecified atom stereocenters. The van der Waals surface area contributed by atoms with Crippen LogP contribution in [-0.4, -0.2) is 49.3 Å². The maximum atomic E-state index is 13.1. The topological polar surface area (TPSA) is 41.6 Å². The van der Waals surface area contributed by atoms with E-state index >= 15 is 0 Å². The number of carbonyl (C=O) groups is 1. The molecule has 0 saturated carbocycles. The second-order valence-corrected chi connectivity index (χ2v) is 5.66. The highest BCUT2D eigenvalue weighted by atomic mass is 19.1. The maximum Gasteiger partial charge on any atom is 0.253 e. The number of halogens is 1. The van der Waals surface area contributed by atoms with E-state index in [1.54, 1.807) is 0 Å². The number of rotatable bonds is 2. The molecule has 5 heteroatoms. The van der Waals surface area contributed by atoms with E-state index in [2.05, 4.69) is 17.4 Å². The number of hydrogen-bond donors (Lipinski definition) is 1. The fourth-order valence-electron chi connectivity index (χ4n) is 3.27. The molecular weight excluding hydrogens is 271 g/mol. The zero-order valence-electron chi connectivity index (χ0n) is 12.2. The van der Waals surface area contributed by atoms with Crippen molar-refractivity contribution < 1.29 is 13.9 Å². The molecule has 0 aromatic heterocycles. The van der Waals surface area contributed by atoms with Gasteiger partial charge in [-0.2, -0.15) is 0 Å². The molecule has 0 radical (unpaired) electrons. The van der Waals surface area contributed by atoms with Gasteiger partial charge >= 0.3 is 0 Å². The van der Waals surface area contributed by atoms with Crippen molar-refractivity contribution in [1.82, 2.24) is 10.2 Å². The van der Waals surface area contributed by atoms with Crippen LogP contribution in [0.3, 0.4) is 0 Å². The van der Waals surface area contributed by atoms with Crippen molar-refractivity contribution in [2.75, 3.05) is 26.4 Å². The summed E-state index contributed by atoms with van der Waals surface area (Å²) in [5, 5.41) is 3.03. The van der Waals surface area contributed by atoms with Crippen molar-refractivity contribution in [3.63, 3.8) is 0 Å². The molecule has 2 aliphatic heterocycles. The smallest absolute Gasteiger partial charge is 0.253 e. The van der Waals surface area contributed by atoms with Gasteiger partial charge in [0.15, 0.2) is 6.10 Å². The molecule has 1 N–H and O–H groups in total. The van der Waals surface area contributed by atoms with E-state index in [4.69, 9.17) is 4.74 Å². The molecule has 1 amide bonds. The van der Waals surface area contributed by atoms with E-state index in [0.717, 1.165) is 6.42 Å². The Labute approximate surface area is 124 Å². The predicted molar refractivity (Wildman–Crippen MR) is 77.8 cm³/mol. The van der Waals surface area contributed by atoms with E-state index in [1.807, 2.05) is 24.0 Å². The molecular formula is C16H21FN2O2. The first-order chi connectivity index (χ1) is 10.2. The number of amides is 1. The summed E-state index contributed by atoms with van der Waals surface area (Å²) in [6.45, 7) is 3.14. The van der Waals surface area contributed by atoms with E-state index in [1.165, 1.54) is 11.1 Å². The summed E-state index contributed by atoms with van der Waals surface area (Å²) < 4.78 is 18.6. The average Bonchev–Trinajstić information content (AvgIpc) is 2.55. The molecule has 114 valence electrons. The highest BCUT2D eigenvalue weighted by Gasteiger charge is 2.38. The van der Waals surface area contributed by atoms with Crippen molar-refractivity contribution in [2.45, 2.75) is 31.5 Å². The van der Waals surface area contributed by atoms with Crippen molar-refractivity contribution in [2.24, 2.45) is 0 Å². The number of nitrogens with one attached hydrogen (secondary N) is 1. The molecule has 1 saturated heterocycles. The molecule has 0 aliphatic carbocycles. The number of nitrogens with zero attached hydrogens (tertiary/aromatic N) is 1. The number of ether oxygens (including phenoxy) is 1. The van der Waals surface area contributed by atoms with Crippen LogP contribution < -0.4 is 5.32 Å². The van der Waals surface area contributed by atoms with Crippen molar-refractivity contribution in [3.05, 3.63) is 35.4 Å². The zero-order valence-corrected chi connectivity index (χ0v) is 12.2. The fourth-order valence-corrected chi connectivity index (χ4v) is 3.27. The summed E-state index contributed by atoms with van der Waals surface area (Å²) in [6.07, 6.45) is 0.128. The van der Waals surface area contributed by atoms with Gasteiger partial charge in [-0.25, -0.2) is 4.39 Å². The number of alkyl halides is 1. The van der Waals surface area contributed by atoms with Gasteiger partial charge in [-0.15, -0.1) is 0 Å². The van der Waals surface area contributed by atoms with E-state index < -0.39 is 18.8 Å². The van der Waals surface area contributed by atoms with Crippen LogP contribution in [0.2, 0.25) is 0 Å². The Kier molecular flexibility index (Phi) is 4.22. The molecule has 2 heterocycles. The van der Waals surface area contributed by atoms with Gasteiger partial charge in [0.1, 0.15) is 6.67 Å². The molecule has 0 spiro atoms. The van der Waals surface area contributed by atoms with Crippen molar-refractivity contribution >= 4 is 5.91 Å². The normalized spacial score (nSPS) is 29.0. The van der Waals surface area contributed by atoms with Crippen LogP contribution in [-0.2, 0) is 16.0 Å². The Morgan fingerprint density at radius 3 is 3.10 bits per heavy atom. The predicted octanol–water partition coefficient (Wildman–Crippen LogP) is 1.46. The number of morpholine rings is 1. The summed E-state index contributed by atoms with van der Waals surface area (Å²) in [5.74, 6) is -0.105. The van der Waals surface area contributed by atoms with Crippen molar-refractivity contribution in [1.29, 1.82) is 0 Å². The van der Waals surface area contributed by atoms with Gasteiger partial charge in [-0.1, -0.05) is 24.3 Å². The van der Waals surface area contributed by atoms with Gasteiger partial charge in [-0.05, 0) is 24.5 Å². The van der Waals surface area contributed by atoms with Crippen LogP contribution >= 0.6 is 0 Å². The third-order valence-corrected chi connectivity index (χ3v) is 4.46. The quantitative estimate of drug-likeness (QED) is 0.897. The Bertz CT molecular complexity index is 523. The van der Waals surface area contributed by atoms with Crippen LogP contribution in [0, 0.1) is 0 Å². The molecule has 0 bridgehead atoms. The lowest BCUT2D eigenvalue weighted by Gasteiger charge is -2.39. The van der Waals surface area contributed by atoms with E-state index in [-0.39, 0.29) is 11.9 Å². The molecule has 4 nitrogen and oxygen atoms in total. The van der Waals surface area contributed by atoms with Gasteiger partial charge in [0, 0.05) is 13.1 Å². The second kappa shape index (κ2) is 6.12. The third kappa shape index (κ3) is 2.68. The first kappa shape index (κ1) is 14.5. The molecule has 1 aromatic rings. The standard InChI is InChI=1S/C16H21FN2O2/c1-11-13-5-3-2-4-12(13)6-8-19(11)16(20)15-14(10-17)18-7-9-21-15/h2-5,11,14-15,18H,6-10H2,1H3/t11-,14-,15+/m0/s1. The van der Waals surface area contributed by atoms with Gasteiger partial charge < -0.3 is 15.0 Å². The second-order valence-electron chi connectivity index (χ2n) is 5.66. The summed E-state index contributed by atoms with van der Waals surface area (Å²) in [7, 11) is 0. The van der Waals surface area contributed by atoms with E-state index in [0.29, 0.717) is 19.7 Å². The summed E-state index contributed by atoms with van der Waals surface area (Å²) >= 11 is 0. The van der Waals surface area contributed by atoms with Gasteiger partial charge in [-0.3, -0.25) is 4.79 Å². The number of benzene rings is 1. The molecule has 2 aliphatic rings. The Hall–Kier alpha value is -1.46. The van der Waals surface area contributed by atoms with Gasteiger partial charge in [0.05, 0.1) is 18.7 Å². The summed E-state index contributed by atoms with van der Waals surface area (Å²) in [4.78, 5) is 14.6. The zero-order chi connectivity index (χ0) is 14.8. The molecule has 21 heavy (non-hydrogen) atoms. The molecule has 3 atom stereocenters. The molecule has 1 fully saturated rings. The average molecular weight is 292 g/mol. The first-order valence-electron chi connectivity index (χ1n) is 7.51. The highest BCUT2D eigenvalue weighted by Crippen LogP contribution is 2.30. The van der Waals surface area contributed by atoms with Crippen molar-refractivity contribution in [3.8, 4) is 0 Å².